The molecule has 1 fully saturated rings. The molecule has 1 aliphatic carbocycles. The van der Waals surface area contributed by atoms with Crippen LogP contribution in [0.1, 0.15) is 12.8 Å². The molecule has 17 heavy (non-hydrogen) atoms. The van der Waals surface area contributed by atoms with Crippen LogP contribution in [0.3, 0.4) is 0 Å². The first-order valence-electron chi connectivity index (χ1n) is 5.41. The largest absolute Gasteiger partial charge is 0.467 e. The standard InChI is InChI=1S/C12H13F2NO2/c1-17-12(16)11(7-2-3-7)15-10-5-4-8(13)6-9(10)14/h4-7,11,15H,2-3H2,1H3. The zero-order valence-corrected chi connectivity index (χ0v) is 9.37. The maximum Gasteiger partial charge on any atom is 0.328 e. The molecule has 0 aliphatic heterocycles. The number of nitrogens with one attached hydrogen (secondary N) is 1. The molecule has 0 saturated heterocycles. The van der Waals surface area contributed by atoms with Crippen LogP contribution in [0.2, 0.25) is 0 Å². The number of halogens is 2. The predicted molar refractivity (Wildman–Crippen MR) is 58.5 cm³/mol. The fourth-order valence-corrected chi connectivity index (χ4v) is 1.70. The average molecular weight is 241 g/mol. The van der Waals surface area contributed by atoms with E-state index in [9.17, 15) is 13.6 Å². The monoisotopic (exact) mass is 241 g/mol. The van der Waals surface area contributed by atoms with Crippen LogP contribution in [0.4, 0.5) is 14.5 Å². The molecule has 2 rings (SSSR count). The van der Waals surface area contributed by atoms with Gasteiger partial charge in [-0.1, -0.05) is 0 Å². The van der Waals surface area contributed by atoms with Crippen molar-refractivity contribution < 1.29 is 18.3 Å². The lowest BCUT2D eigenvalue weighted by Gasteiger charge is -2.17. The van der Waals surface area contributed by atoms with Gasteiger partial charge in [0.05, 0.1) is 12.8 Å². The molecule has 5 heteroatoms. The van der Waals surface area contributed by atoms with Gasteiger partial charge in [-0.3, -0.25) is 0 Å². The Bertz CT molecular complexity index is 433. The molecule has 0 heterocycles. The van der Waals surface area contributed by atoms with Crippen LogP contribution in [0.25, 0.3) is 0 Å². The van der Waals surface area contributed by atoms with Crippen molar-refractivity contribution in [1.29, 1.82) is 0 Å². The van der Waals surface area contributed by atoms with Gasteiger partial charge in [-0.05, 0) is 30.9 Å². The summed E-state index contributed by atoms with van der Waals surface area (Å²) < 4.78 is 30.8. The first kappa shape index (κ1) is 11.8. The lowest BCUT2D eigenvalue weighted by molar-refractivity contribution is -0.142. The lowest BCUT2D eigenvalue weighted by atomic mass is 10.1. The van der Waals surface area contributed by atoms with Crippen molar-refractivity contribution in [2.75, 3.05) is 12.4 Å². The Kier molecular flexibility index (Phi) is 3.26. The van der Waals surface area contributed by atoms with Crippen LogP contribution in [-0.4, -0.2) is 19.1 Å². The minimum Gasteiger partial charge on any atom is -0.467 e. The third kappa shape index (κ3) is 2.72. The maximum atomic E-state index is 13.4. The molecule has 0 bridgehead atoms. The number of carbonyl (C=O) groups excluding carboxylic acids is 1. The third-order valence-corrected chi connectivity index (χ3v) is 2.79. The normalized spacial score (nSPS) is 16.4. The Morgan fingerprint density at radius 3 is 2.71 bits per heavy atom. The Labute approximate surface area is 97.8 Å². The molecular formula is C12H13F2NO2. The number of hydrogen-bond donors (Lipinski definition) is 1. The number of methoxy groups -OCH3 is 1. The summed E-state index contributed by atoms with van der Waals surface area (Å²) in [6.07, 6.45) is 1.82. The molecule has 1 atom stereocenters. The summed E-state index contributed by atoms with van der Waals surface area (Å²) in [7, 11) is 1.29. The Hall–Kier alpha value is -1.65. The molecule has 1 aromatic rings. The number of hydrogen-bond acceptors (Lipinski definition) is 3. The van der Waals surface area contributed by atoms with Gasteiger partial charge in [0.1, 0.15) is 17.7 Å². The number of esters is 1. The highest BCUT2D eigenvalue weighted by Gasteiger charge is 2.37. The van der Waals surface area contributed by atoms with Gasteiger partial charge in [-0.2, -0.15) is 0 Å². The summed E-state index contributed by atoms with van der Waals surface area (Å²) in [4.78, 5) is 11.5. The van der Waals surface area contributed by atoms with E-state index >= 15 is 0 Å². The molecule has 1 N–H and O–H groups in total. The van der Waals surface area contributed by atoms with Crippen molar-refractivity contribution in [1.82, 2.24) is 0 Å². The number of ether oxygens (including phenoxy) is 1. The van der Waals surface area contributed by atoms with Gasteiger partial charge in [0.15, 0.2) is 0 Å². The van der Waals surface area contributed by atoms with E-state index in [1.807, 2.05) is 0 Å². The van der Waals surface area contributed by atoms with Crippen LogP contribution in [0.5, 0.6) is 0 Å². The van der Waals surface area contributed by atoms with Crippen LogP contribution in [0, 0.1) is 17.6 Å². The van der Waals surface area contributed by atoms with Crippen molar-refractivity contribution in [3.8, 4) is 0 Å². The summed E-state index contributed by atoms with van der Waals surface area (Å²) in [5.74, 6) is -1.60. The van der Waals surface area contributed by atoms with E-state index in [2.05, 4.69) is 10.1 Å². The summed E-state index contributed by atoms with van der Waals surface area (Å²) in [5.41, 5.74) is 0.119. The molecule has 0 aromatic heterocycles. The second kappa shape index (κ2) is 4.69. The molecule has 0 radical (unpaired) electrons. The first-order chi connectivity index (χ1) is 8.11. The van der Waals surface area contributed by atoms with Gasteiger partial charge in [-0.25, -0.2) is 13.6 Å². The maximum absolute atomic E-state index is 13.4. The van der Waals surface area contributed by atoms with E-state index in [1.165, 1.54) is 13.2 Å². The van der Waals surface area contributed by atoms with Crippen LogP contribution in [0.15, 0.2) is 18.2 Å². The number of anilines is 1. The zero-order chi connectivity index (χ0) is 12.4. The minimum absolute atomic E-state index is 0.119. The van der Waals surface area contributed by atoms with Gasteiger partial charge in [0.2, 0.25) is 0 Å². The zero-order valence-electron chi connectivity index (χ0n) is 9.37. The predicted octanol–water partition coefficient (Wildman–Crippen LogP) is 2.33. The van der Waals surface area contributed by atoms with Crippen LogP contribution < -0.4 is 5.32 Å². The molecular weight excluding hydrogens is 228 g/mol. The average Bonchev–Trinajstić information content (AvgIpc) is 3.11. The summed E-state index contributed by atoms with van der Waals surface area (Å²) in [5, 5.41) is 2.77. The lowest BCUT2D eigenvalue weighted by Crippen LogP contribution is -2.33. The van der Waals surface area contributed by atoms with Gasteiger partial charge in [0, 0.05) is 6.07 Å². The molecule has 1 unspecified atom stereocenters. The minimum atomic E-state index is -0.709. The van der Waals surface area contributed by atoms with Gasteiger partial charge >= 0.3 is 5.97 Å². The van der Waals surface area contributed by atoms with Gasteiger partial charge in [-0.15, -0.1) is 0 Å². The molecule has 3 nitrogen and oxygen atoms in total. The third-order valence-electron chi connectivity index (χ3n) is 2.79. The fourth-order valence-electron chi connectivity index (χ4n) is 1.70. The first-order valence-corrected chi connectivity index (χ1v) is 5.41. The van der Waals surface area contributed by atoms with Gasteiger partial charge < -0.3 is 10.1 Å². The molecule has 0 amide bonds. The smallest absolute Gasteiger partial charge is 0.328 e. The van der Waals surface area contributed by atoms with Crippen molar-refractivity contribution >= 4 is 11.7 Å². The van der Waals surface area contributed by atoms with Crippen LogP contribution in [-0.2, 0) is 9.53 Å². The SMILES string of the molecule is COC(=O)C(Nc1ccc(F)cc1F)C1CC1. The highest BCUT2D eigenvalue weighted by atomic mass is 19.1. The molecule has 92 valence electrons. The second-order valence-electron chi connectivity index (χ2n) is 4.11. The van der Waals surface area contributed by atoms with Crippen molar-refractivity contribution in [2.24, 2.45) is 5.92 Å². The van der Waals surface area contributed by atoms with E-state index in [0.717, 1.165) is 25.0 Å². The van der Waals surface area contributed by atoms with E-state index in [4.69, 9.17) is 0 Å². The number of benzene rings is 1. The van der Waals surface area contributed by atoms with Crippen molar-refractivity contribution in [2.45, 2.75) is 18.9 Å². The highest BCUT2D eigenvalue weighted by molar-refractivity contribution is 5.80. The van der Waals surface area contributed by atoms with E-state index < -0.39 is 23.6 Å². The Balaban J connectivity index is 2.14. The van der Waals surface area contributed by atoms with Gasteiger partial charge in [0.25, 0.3) is 0 Å². The molecule has 1 aliphatic rings. The second-order valence-corrected chi connectivity index (χ2v) is 4.11. The van der Waals surface area contributed by atoms with Crippen molar-refractivity contribution in [3.63, 3.8) is 0 Å². The molecule has 1 saturated carbocycles. The fraction of sp³-hybridized carbons (Fsp3) is 0.417. The highest BCUT2D eigenvalue weighted by Crippen LogP contribution is 2.35. The molecule has 1 aromatic carbocycles. The van der Waals surface area contributed by atoms with Crippen LogP contribution >= 0.6 is 0 Å². The van der Waals surface area contributed by atoms with E-state index in [0.29, 0.717) is 0 Å². The number of carbonyl (C=O) groups is 1. The summed E-state index contributed by atoms with van der Waals surface area (Å²) >= 11 is 0. The van der Waals surface area contributed by atoms with Crippen molar-refractivity contribution in [3.05, 3.63) is 29.8 Å². The molecule has 0 spiro atoms. The summed E-state index contributed by atoms with van der Waals surface area (Å²) in [6, 6.07) is 2.65. The Morgan fingerprint density at radius 1 is 1.47 bits per heavy atom. The quantitative estimate of drug-likeness (QED) is 0.822. The Morgan fingerprint density at radius 2 is 2.18 bits per heavy atom. The number of rotatable bonds is 4. The van der Waals surface area contributed by atoms with E-state index in [1.54, 1.807) is 0 Å². The summed E-state index contributed by atoms with van der Waals surface area (Å²) in [6.45, 7) is 0. The van der Waals surface area contributed by atoms with E-state index in [-0.39, 0.29) is 11.6 Å². The topological polar surface area (TPSA) is 38.3 Å².